The fraction of sp³-hybridized carbons (Fsp3) is 0.400. The van der Waals surface area contributed by atoms with Crippen molar-refractivity contribution in [2.45, 2.75) is 44.8 Å². The molecule has 0 radical (unpaired) electrons. The third-order valence-corrected chi connectivity index (χ3v) is 6.36. The van der Waals surface area contributed by atoms with E-state index in [1.807, 2.05) is 36.1 Å². The van der Waals surface area contributed by atoms with Crippen molar-refractivity contribution in [3.63, 3.8) is 0 Å². The van der Waals surface area contributed by atoms with Gasteiger partial charge in [-0.15, -0.1) is 0 Å². The van der Waals surface area contributed by atoms with Crippen molar-refractivity contribution < 1.29 is 18.3 Å². The topological polar surface area (TPSA) is 60.6 Å². The Hall–Kier alpha value is -2.93. The average molecular weight is 440 g/mol. The van der Waals surface area contributed by atoms with Crippen LogP contribution >= 0.6 is 0 Å². The van der Waals surface area contributed by atoms with Crippen molar-refractivity contribution in [1.29, 1.82) is 0 Å². The summed E-state index contributed by atoms with van der Waals surface area (Å²) in [6.07, 6.45) is 2.87. The van der Waals surface area contributed by atoms with Gasteiger partial charge in [0.05, 0.1) is 17.7 Å². The van der Waals surface area contributed by atoms with Crippen molar-refractivity contribution in [1.82, 2.24) is 4.98 Å². The maximum atomic E-state index is 14.9. The lowest BCUT2D eigenvalue weighted by Crippen LogP contribution is -2.48. The molecule has 0 aliphatic carbocycles. The first-order chi connectivity index (χ1) is 15.5. The van der Waals surface area contributed by atoms with Gasteiger partial charge in [0, 0.05) is 23.2 Å². The summed E-state index contributed by atoms with van der Waals surface area (Å²) < 4.78 is 41.2. The highest BCUT2D eigenvalue weighted by Gasteiger charge is 2.33. The average Bonchev–Trinajstić information content (AvgIpc) is 2.77. The Morgan fingerprint density at radius 2 is 2.06 bits per heavy atom. The number of nitrogens with two attached hydrogens (primary N) is 1. The minimum Gasteiger partial charge on any atom is -0.486 e. The highest BCUT2D eigenvalue weighted by atomic mass is 19.1. The van der Waals surface area contributed by atoms with Gasteiger partial charge in [0.25, 0.3) is 0 Å². The Morgan fingerprint density at radius 1 is 1.19 bits per heavy atom. The van der Waals surface area contributed by atoms with Gasteiger partial charge < -0.3 is 20.1 Å². The smallest absolute Gasteiger partial charge is 0.171 e. The fourth-order valence-corrected chi connectivity index (χ4v) is 4.87. The van der Waals surface area contributed by atoms with Gasteiger partial charge in [-0.25, -0.2) is 8.78 Å². The number of hydrogen-bond acceptors (Lipinski definition) is 5. The first-order valence-corrected chi connectivity index (χ1v) is 11.2. The van der Waals surface area contributed by atoms with E-state index in [9.17, 15) is 8.78 Å². The van der Waals surface area contributed by atoms with E-state index in [0.29, 0.717) is 48.9 Å². The molecule has 5 nitrogen and oxygen atoms in total. The molecule has 0 spiro atoms. The van der Waals surface area contributed by atoms with Crippen LogP contribution in [0.3, 0.4) is 0 Å². The number of ether oxygens (including phenoxy) is 2. The van der Waals surface area contributed by atoms with Gasteiger partial charge in [-0.1, -0.05) is 0 Å². The molecule has 2 aliphatic heterocycles. The molecule has 3 aromatic rings. The van der Waals surface area contributed by atoms with Crippen LogP contribution in [-0.4, -0.2) is 36.8 Å². The molecule has 2 aliphatic rings. The van der Waals surface area contributed by atoms with E-state index >= 15 is 0 Å². The molecule has 2 atom stereocenters. The van der Waals surface area contributed by atoms with Crippen LogP contribution in [0.2, 0.25) is 0 Å². The van der Waals surface area contributed by atoms with Crippen molar-refractivity contribution >= 4 is 16.6 Å². The van der Waals surface area contributed by atoms with Crippen LogP contribution in [0.1, 0.15) is 30.5 Å². The normalized spacial score (nSPS) is 19.8. The molecule has 1 aromatic heterocycles. The zero-order valence-electron chi connectivity index (χ0n) is 18.1. The first-order valence-electron chi connectivity index (χ1n) is 11.2. The number of pyridine rings is 1. The van der Waals surface area contributed by atoms with E-state index in [1.54, 1.807) is 0 Å². The van der Waals surface area contributed by atoms with Gasteiger partial charge in [-0.3, -0.25) is 4.98 Å². The van der Waals surface area contributed by atoms with Crippen molar-refractivity contribution in [3.05, 3.63) is 59.3 Å². The minimum atomic E-state index is -0.540. The SMILES string of the molecule is Cc1ccc2c3c(ccc2n1)OCC(CN1c2c(F)cc(F)cc2CCC1CCCN)O3. The quantitative estimate of drug-likeness (QED) is 0.633. The lowest BCUT2D eigenvalue weighted by Gasteiger charge is -2.41. The van der Waals surface area contributed by atoms with E-state index in [1.165, 1.54) is 6.07 Å². The van der Waals surface area contributed by atoms with Gasteiger partial charge in [-0.2, -0.15) is 0 Å². The summed E-state index contributed by atoms with van der Waals surface area (Å²) in [5, 5.41) is 0.893. The summed E-state index contributed by atoms with van der Waals surface area (Å²) in [6, 6.07) is 10.3. The third-order valence-electron chi connectivity index (χ3n) is 6.36. The number of rotatable bonds is 5. The molecular weight excluding hydrogens is 412 g/mol. The predicted octanol–water partition coefficient (Wildman–Crippen LogP) is 4.52. The second kappa shape index (κ2) is 8.54. The number of benzene rings is 2. The van der Waals surface area contributed by atoms with Crippen LogP contribution in [0.15, 0.2) is 36.4 Å². The second-order valence-corrected chi connectivity index (χ2v) is 8.63. The summed E-state index contributed by atoms with van der Waals surface area (Å²) in [5.74, 6) is 0.287. The second-order valence-electron chi connectivity index (χ2n) is 8.63. The molecule has 5 rings (SSSR count). The monoisotopic (exact) mass is 439 g/mol. The molecule has 168 valence electrons. The molecule has 0 saturated carbocycles. The fourth-order valence-electron chi connectivity index (χ4n) is 4.87. The number of halogens is 2. The summed E-state index contributed by atoms with van der Waals surface area (Å²) in [4.78, 5) is 6.61. The number of aryl methyl sites for hydroxylation is 2. The molecule has 0 saturated heterocycles. The number of hydrogen-bond donors (Lipinski definition) is 1. The molecule has 2 N–H and O–H groups in total. The van der Waals surface area contributed by atoms with Crippen LogP contribution in [0, 0.1) is 18.6 Å². The molecule has 2 unspecified atom stereocenters. The van der Waals surface area contributed by atoms with Crippen LogP contribution < -0.4 is 20.1 Å². The minimum absolute atomic E-state index is 0.118. The van der Waals surface area contributed by atoms with E-state index in [-0.39, 0.29) is 12.1 Å². The Bertz CT molecular complexity index is 1150. The summed E-state index contributed by atoms with van der Waals surface area (Å²) in [5.41, 5.74) is 8.70. The van der Waals surface area contributed by atoms with Crippen molar-refractivity contribution in [3.8, 4) is 11.5 Å². The number of anilines is 1. The number of aromatic nitrogens is 1. The Kier molecular flexibility index (Phi) is 5.59. The van der Waals surface area contributed by atoms with Crippen LogP contribution in [0.25, 0.3) is 10.9 Å². The summed E-state index contributed by atoms with van der Waals surface area (Å²) >= 11 is 0. The van der Waals surface area contributed by atoms with E-state index in [4.69, 9.17) is 15.2 Å². The highest BCUT2D eigenvalue weighted by Crippen LogP contribution is 2.40. The lowest BCUT2D eigenvalue weighted by molar-refractivity contribution is 0.0950. The molecule has 3 heterocycles. The number of fused-ring (bicyclic) bond motifs is 4. The van der Waals surface area contributed by atoms with Crippen LogP contribution in [-0.2, 0) is 6.42 Å². The van der Waals surface area contributed by atoms with Gasteiger partial charge in [-0.05, 0) is 75.0 Å². The zero-order valence-corrected chi connectivity index (χ0v) is 18.1. The molecular formula is C25H27F2N3O2. The Balaban J connectivity index is 1.46. The van der Waals surface area contributed by atoms with Gasteiger partial charge >= 0.3 is 0 Å². The van der Waals surface area contributed by atoms with Crippen LogP contribution in [0.5, 0.6) is 11.5 Å². The molecule has 0 fully saturated rings. The third kappa shape index (κ3) is 3.86. The maximum Gasteiger partial charge on any atom is 0.171 e. The molecule has 2 aromatic carbocycles. The summed E-state index contributed by atoms with van der Waals surface area (Å²) in [7, 11) is 0. The van der Waals surface area contributed by atoms with Crippen molar-refractivity contribution in [2.24, 2.45) is 5.73 Å². The van der Waals surface area contributed by atoms with E-state index < -0.39 is 11.6 Å². The van der Waals surface area contributed by atoms with E-state index in [2.05, 4.69) is 4.98 Å². The lowest BCUT2D eigenvalue weighted by atomic mass is 9.92. The standard InChI is InChI=1S/C25H27F2N3O2/c1-15-4-7-20-22(29-15)8-9-23-25(20)32-19(14-31-23)13-30-18(3-2-10-28)6-5-16-11-17(26)12-21(27)24(16)30/h4,7-9,11-12,18-19H,2-3,5-6,10,13-14,28H2,1H3. The predicted molar refractivity (Wildman–Crippen MR) is 120 cm³/mol. The first kappa shape index (κ1) is 20.9. The van der Waals surface area contributed by atoms with Gasteiger partial charge in [0.2, 0.25) is 0 Å². The summed E-state index contributed by atoms with van der Waals surface area (Å²) in [6.45, 7) is 3.33. The Morgan fingerprint density at radius 3 is 2.91 bits per heavy atom. The Labute approximate surface area is 186 Å². The highest BCUT2D eigenvalue weighted by molar-refractivity contribution is 5.88. The van der Waals surface area contributed by atoms with E-state index in [0.717, 1.165) is 41.9 Å². The van der Waals surface area contributed by atoms with Gasteiger partial charge in [0.1, 0.15) is 18.2 Å². The molecule has 0 amide bonds. The molecule has 7 heteroatoms. The van der Waals surface area contributed by atoms with Gasteiger partial charge in [0.15, 0.2) is 17.6 Å². The number of nitrogens with zero attached hydrogens (tertiary/aromatic N) is 2. The largest absolute Gasteiger partial charge is 0.486 e. The molecule has 0 bridgehead atoms. The zero-order chi connectivity index (χ0) is 22.2. The van der Waals surface area contributed by atoms with Crippen LogP contribution in [0.4, 0.5) is 14.5 Å². The van der Waals surface area contributed by atoms with Crippen molar-refractivity contribution in [2.75, 3.05) is 24.6 Å². The maximum absolute atomic E-state index is 14.9. The molecule has 32 heavy (non-hydrogen) atoms.